The highest BCUT2D eigenvalue weighted by Crippen LogP contribution is 2.47. The molecule has 2 amide bonds. The maximum Gasteiger partial charge on any atom is 0.325 e. The van der Waals surface area contributed by atoms with E-state index in [4.69, 9.17) is 18.9 Å². The first-order valence-corrected chi connectivity index (χ1v) is 12.9. The fourth-order valence-electron chi connectivity index (χ4n) is 6.36. The first kappa shape index (κ1) is 25.3. The van der Waals surface area contributed by atoms with Crippen molar-refractivity contribution in [1.29, 1.82) is 0 Å². The largest absolute Gasteiger partial charge is 0.497 e. The standard InChI is InChI=1S/C29H37N3O5/c1-6-32-28(33)31-19-21-16-22(34-2)17-25(36-4)23(21)10-11-26(31)29(32)12-14-30(15-13-29)18-20-8-7-9-24(35-3)27(20)37-5/h7-9,11,16-17H,6,10,12-15,18-19H2,1-5H3. The number of carbonyl (C=O) groups is 1. The monoisotopic (exact) mass is 507 g/mol. The van der Waals surface area contributed by atoms with Crippen LogP contribution in [0, 0.1) is 0 Å². The number of benzene rings is 2. The molecule has 0 saturated carbocycles. The van der Waals surface area contributed by atoms with Crippen molar-refractivity contribution in [2.75, 3.05) is 48.1 Å². The molecule has 0 N–H and O–H groups in total. The molecule has 8 heteroatoms. The lowest BCUT2D eigenvalue weighted by atomic mass is 9.83. The van der Waals surface area contributed by atoms with Crippen LogP contribution in [0.3, 0.4) is 0 Å². The summed E-state index contributed by atoms with van der Waals surface area (Å²) in [4.78, 5) is 20.3. The number of fused-ring (bicyclic) bond motifs is 3. The van der Waals surface area contributed by atoms with Crippen LogP contribution in [0.4, 0.5) is 4.79 Å². The molecule has 2 saturated heterocycles. The molecule has 3 aliphatic rings. The van der Waals surface area contributed by atoms with Gasteiger partial charge in [-0.15, -0.1) is 0 Å². The Bertz CT molecular complexity index is 1200. The number of urea groups is 1. The lowest BCUT2D eigenvalue weighted by molar-refractivity contribution is 0.0884. The topological polar surface area (TPSA) is 63.7 Å². The number of likely N-dealkylation sites (tertiary alicyclic amines) is 1. The maximum absolute atomic E-state index is 13.7. The van der Waals surface area contributed by atoms with Gasteiger partial charge in [0, 0.05) is 49.1 Å². The summed E-state index contributed by atoms with van der Waals surface area (Å²) >= 11 is 0. The van der Waals surface area contributed by atoms with Crippen LogP contribution in [0.5, 0.6) is 23.0 Å². The van der Waals surface area contributed by atoms with E-state index < -0.39 is 0 Å². The molecule has 8 nitrogen and oxygen atoms in total. The predicted octanol–water partition coefficient (Wildman–Crippen LogP) is 4.45. The van der Waals surface area contributed by atoms with Crippen LogP contribution in [0.25, 0.3) is 0 Å². The van der Waals surface area contributed by atoms with Crippen LogP contribution < -0.4 is 18.9 Å². The second kappa shape index (κ2) is 10.2. The van der Waals surface area contributed by atoms with Crippen LogP contribution in [0.2, 0.25) is 0 Å². The molecule has 0 unspecified atom stereocenters. The van der Waals surface area contributed by atoms with Gasteiger partial charge in [0.15, 0.2) is 11.5 Å². The molecule has 2 aromatic rings. The quantitative estimate of drug-likeness (QED) is 0.552. The first-order valence-electron chi connectivity index (χ1n) is 12.9. The molecule has 2 fully saturated rings. The van der Waals surface area contributed by atoms with Gasteiger partial charge < -0.3 is 23.8 Å². The molecule has 0 aromatic heterocycles. The van der Waals surface area contributed by atoms with E-state index in [1.165, 1.54) is 0 Å². The van der Waals surface area contributed by atoms with Crippen molar-refractivity contribution in [3.05, 3.63) is 58.8 Å². The average molecular weight is 508 g/mol. The molecule has 3 aliphatic heterocycles. The third kappa shape index (κ3) is 4.17. The lowest BCUT2D eigenvalue weighted by Gasteiger charge is -2.44. The van der Waals surface area contributed by atoms with Gasteiger partial charge in [0.05, 0.1) is 40.5 Å². The second-order valence-electron chi connectivity index (χ2n) is 9.83. The van der Waals surface area contributed by atoms with E-state index in [-0.39, 0.29) is 11.6 Å². The van der Waals surface area contributed by atoms with Gasteiger partial charge in [-0.3, -0.25) is 9.80 Å². The van der Waals surface area contributed by atoms with Crippen LogP contribution in [0.15, 0.2) is 42.1 Å². The van der Waals surface area contributed by atoms with Crippen LogP contribution >= 0.6 is 0 Å². The Morgan fingerprint density at radius 1 is 0.946 bits per heavy atom. The molecular weight excluding hydrogens is 470 g/mol. The highest BCUT2D eigenvalue weighted by molar-refractivity contribution is 5.83. The van der Waals surface area contributed by atoms with Gasteiger partial charge in [0.25, 0.3) is 0 Å². The zero-order valence-electron chi connectivity index (χ0n) is 22.5. The summed E-state index contributed by atoms with van der Waals surface area (Å²) in [7, 11) is 6.70. The summed E-state index contributed by atoms with van der Waals surface area (Å²) < 4.78 is 22.4. The molecule has 1 spiro atoms. The van der Waals surface area contributed by atoms with Crippen molar-refractivity contribution in [2.24, 2.45) is 0 Å². The maximum atomic E-state index is 13.7. The zero-order valence-corrected chi connectivity index (χ0v) is 22.5. The van der Waals surface area contributed by atoms with Gasteiger partial charge in [-0.1, -0.05) is 18.2 Å². The van der Waals surface area contributed by atoms with E-state index in [0.29, 0.717) is 13.1 Å². The minimum atomic E-state index is -0.292. The van der Waals surface area contributed by atoms with Crippen molar-refractivity contribution < 1.29 is 23.7 Å². The van der Waals surface area contributed by atoms with Crippen LogP contribution in [-0.4, -0.2) is 74.3 Å². The van der Waals surface area contributed by atoms with Crippen LogP contribution in [-0.2, 0) is 19.5 Å². The molecule has 0 aliphatic carbocycles. The van der Waals surface area contributed by atoms with E-state index in [2.05, 4.69) is 28.9 Å². The number of rotatable bonds is 7. The normalized spacial score (nSPS) is 18.7. The molecule has 2 aromatic carbocycles. The van der Waals surface area contributed by atoms with E-state index in [9.17, 15) is 4.79 Å². The van der Waals surface area contributed by atoms with Gasteiger partial charge in [0.1, 0.15) is 11.5 Å². The van der Waals surface area contributed by atoms with E-state index in [1.807, 2.05) is 29.2 Å². The Kier molecular flexibility index (Phi) is 6.94. The van der Waals surface area contributed by atoms with Crippen molar-refractivity contribution in [3.8, 4) is 23.0 Å². The summed E-state index contributed by atoms with van der Waals surface area (Å²) in [6.45, 7) is 5.85. The fourth-order valence-corrected chi connectivity index (χ4v) is 6.36. The predicted molar refractivity (Wildman–Crippen MR) is 141 cm³/mol. The first-order chi connectivity index (χ1) is 18.0. The highest BCUT2D eigenvalue weighted by Gasteiger charge is 2.54. The fraction of sp³-hybridized carbons (Fsp3) is 0.483. The van der Waals surface area contributed by atoms with Crippen LogP contribution in [0.1, 0.15) is 36.5 Å². The molecule has 5 rings (SSSR count). The molecule has 3 heterocycles. The number of para-hydroxylation sites is 1. The van der Waals surface area contributed by atoms with E-state index in [1.54, 1.807) is 28.4 Å². The number of carbonyl (C=O) groups excluding carboxylic acids is 1. The smallest absolute Gasteiger partial charge is 0.325 e. The minimum Gasteiger partial charge on any atom is -0.497 e. The molecular formula is C29H37N3O5. The van der Waals surface area contributed by atoms with Crippen molar-refractivity contribution in [2.45, 2.75) is 44.8 Å². The Morgan fingerprint density at radius 3 is 2.35 bits per heavy atom. The third-order valence-corrected chi connectivity index (χ3v) is 8.18. The Balaban J connectivity index is 1.41. The molecule has 37 heavy (non-hydrogen) atoms. The number of hydrogen-bond donors (Lipinski definition) is 0. The summed E-state index contributed by atoms with van der Waals surface area (Å²) in [5.41, 5.74) is 4.15. The molecule has 0 atom stereocenters. The summed E-state index contributed by atoms with van der Waals surface area (Å²) in [6, 6.07) is 10.1. The summed E-state index contributed by atoms with van der Waals surface area (Å²) in [6.07, 6.45) is 4.76. The van der Waals surface area contributed by atoms with Crippen molar-refractivity contribution >= 4 is 6.03 Å². The number of likely N-dealkylation sites (N-methyl/N-ethyl adjacent to an activating group) is 1. The van der Waals surface area contributed by atoms with Gasteiger partial charge >= 0.3 is 6.03 Å². The molecule has 0 bridgehead atoms. The Morgan fingerprint density at radius 2 is 1.70 bits per heavy atom. The minimum absolute atomic E-state index is 0.0892. The summed E-state index contributed by atoms with van der Waals surface area (Å²) in [5, 5.41) is 0. The number of methoxy groups -OCH3 is 4. The number of nitrogens with zero attached hydrogens (tertiary/aromatic N) is 3. The number of hydrogen-bond acceptors (Lipinski definition) is 6. The van der Waals surface area contributed by atoms with Gasteiger partial charge in [0.2, 0.25) is 0 Å². The van der Waals surface area contributed by atoms with Gasteiger partial charge in [-0.05, 0) is 43.9 Å². The highest BCUT2D eigenvalue weighted by atomic mass is 16.5. The number of allylic oxidation sites excluding steroid dienone is 1. The van der Waals surface area contributed by atoms with E-state index >= 15 is 0 Å². The SMILES string of the molecule is CCN1C(=O)N2Cc3cc(OC)cc(OC)c3CC=C2C12CCN(Cc1cccc(OC)c1OC)CC2. The number of piperidine rings is 1. The van der Waals surface area contributed by atoms with Gasteiger partial charge in [-0.2, -0.15) is 0 Å². The molecule has 198 valence electrons. The van der Waals surface area contributed by atoms with Gasteiger partial charge in [-0.25, -0.2) is 4.79 Å². The lowest BCUT2D eigenvalue weighted by Crippen LogP contribution is -2.53. The zero-order chi connectivity index (χ0) is 26.2. The summed E-state index contributed by atoms with van der Waals surface area (Å²) in [5.74, 6) is 3.09. The second-order valence-corrected chi connectivity index (χ2v) is 9.83. The van der Waals surface area contributed by atoms with Crippen molar-refractivity contribution in [3.63, 3.8) is 0 Å². The van der Waals surface area contributed by atoms with E-state index in [0.717, 1.165) is 84.3 Å². The molecule has 0 radical (unpaired) electrons. The Hall–Kier alpha value is -3.39. The third-order valence-electron chi connectivity index (χ3n) is 8.18. The number of amides is 2. The van der Waals surface area contributed by atoms with Crippen molar-refractivity contribution in [1.82, 2.24) is 14.7 Å². The number of ether oxygens (including phenoxy) is 4. The Labute approximate surface area is 219 Å². The average Bonchev–Trinajstić information content (AvgIpc) is 3.04.